The van der Waals surface area contributed by atoms with Gasteiger partial charge in [0.15, 0.2) is 0 Å². The minimum atomic E-state index is -0.466. The SMILES string of the molecule is COc1cccc2ccc3oc4ccc(F)cc4c(=O)c3c12. The lowest BCUT2D eigenvalue weighted by Crippen LogP contribution is -2.04. The summed E-state index contributed by atoms with van der Waals surface area (Å²) in [5.41, 5.74) is 0.570. The maximum absolute atomic E-state index is 13.5. The first kappa shape index (κ1) is 12.8. The van der Waals surface area contributed by atoms with Crippen LogP contribution in [0.2, 0.25) is 0 Å². The molecule has 3 nitrogen and oxygen atoms in total. The van der Waals surface area contributed by atoms with Gasteiger partial charge in [0.05, 0.1) is 17.9 Å². The van der Waals surface area contributed by atoms with E-state index in [1.807, 2.05) is 18.2 Å². The third kappa shape index (κ3) is 1.70. The minimum Gasteiger partial charge on any atom is -0.496 e. The molecule has 0 fully saturated rings. The largest absolute Gasteiger partial charge is 0.496 e. The molecule has 0 spiro atoms. The lowest BCUT2D eigenvalue weighted by molar-refractivity contribution is 0.420. The molecule has 1 heterocycles. The second-order valence-corrected chi connectivity index (χ2v) is 5.07. The smallest absolute Gasteiger partial charge is 0.201 e. The average Bonchev–Trinajstić information content (AvgIpc) is 2.54. The number of ether oxygens (including phenoxy) is 1. The first-order valence-electron chi connectivity index (χ1n) is 6.81. The summed E-state index contributed by atoms with van der Waals surface area (Å²) < 4.78 is 24.6. The molecule has 0 saturated carbocycles. The van der Waals surface area contributed by atoms with E-state index in [0.29, 0.717) is 27.7 Å². The standard InChI is InChI=1S/C18H11FO3/c1-21-14-4-2-3-10-5-7-15-17(16(10)14)18(20)12-9-11(19)6-8-13(12)22-15/h2-9H,1H3. The highest BCUT2D eigenvalue weighted by molar-refractivity contribution is 6.11. The van der Waals surface area contributed by atoms with Crippen LogP contribution in [0.4, 0.5) is 4.39 Å². The number of benzene rings is 3. The third-order valence-electron chi connectivity index (χ3n) is 3.82. The predicted molar refractivity (Wildman–Crippen MR) is 84.0 cm³/mol. The van der Waals surface area contributed by atoms with Crippen LogP contribution in [0.1, 0.15) is 0 Å². The number of hydrogen-bond donors (Lipinski definition) is 0. The molecule has 0 radical (unpaired) electrons. The van der Waals surface area contributed by atoms with E-state index in [2.05, 4.69) is 0 Å². The summed E-state index contributed by atoms with van der Waals surface area (Å²) >= 11 is 0. The van der Waals surface area contributed by atoms with E-state index in [9.17, 15) is 9.18 Å². The van der Waals surface area contributed by atoms with Gasteiger partial charge >= 0.3 is 0 Å². The fraction of sp³-hybridized carbons (Fsp3) is 0.0556. The zero-order valence-electron chi connectivity index (χ0n) is 11.7. The second-order valence-electron chi connectivity index (χ2n) is 5.07. The van der Waals surface area contributed by atoms with Gasteiger partial charge < -0.3 is 9.15 Å². The zero-order chi connectivity index (χ0) is 15.3. The van der Waals surface area contributed by atoms with E-state index in [1.165, 1.54) is 18.2 Å². The van der Waals surface area contributed by atoms with Crippen molar-refractivity contribution in [3.63, 3.8) is 0 Å². The first-order valence-corrected chi connectivity index (χ1v) is 6.81. The van der Waals surface area contributed by atoms with Gasteiger partial charge in [0.2, 0.25) is 5.43 Å². The van der Waals surface area contributed by atoms with E-state index in [-0.39, 0.29) is 10.8 Å². The molecular formula is C18H11FO3. The van der Waals surface area contributed by atoms with E-state index in [4.69, 9.17) is 9.15 Å². The molecule has 22 heavy (non-hydrogen) atoms. The van der Waals surface area contributed by atoms with Crippen molar-refractivity contribution in [1.29, 1.82) is 0 Å². The molecule has 0 amide bonds. The summed E-state index contributed by atoms with van der Waals surface area (Å²) in [6.07, 6.45) is 0. The summed E-state index contributed by atoms with van der Waals surface area (Å²) in [7, 11) is 1.55. The molecule has 4 aromatic rings. The highest BCUT2D eigenvalue weighted by atomic mass is 19.1. The Morgan fingerprint density at radius 1 is 1.00 bits per heavy atom. The van der Waals surface area contributed by atoms with Crippen LogP contribution in [0, 0.1) is 5.82 Å². The summed E-state index contributed by atoms with van der Waals surface area (Å²) in [5, 5.41) is 2.19. The van der Waals surface area contributed by atoms with Crippen LogP contribution >= 0.6 is 0 Å². The molecule has 4 rings (SSSR count). The van der Waals surface area contributed by atoms with Crippen molar-refractivity contribution in [2.24, 2.45) is 0 Å². The second kappa shape index (κ2) is 4.56. The predicted octanol–water partition coefficient (Wildman–Crippen LogP) is 4.25. The summed E-state index contributed by atoms with van der Waals surface area (Å²) in [6, 6.07) is 13.1. The Bertz CT molecular complexity index is 1100. The third-order valence-corrected chi connectivity index (χ3v) is 3.82. The van der Waals surface area contributed by atoms with Crippen molar-refractivity contribution in [2.45, 2.75) is 0 Å². The molecule has 0 saturated heterocycles. The van der Waals surface area contributed by atoms with Crippen molar-refractivity contribution in [3.05, 3.63) is 64.6 Å². The Morgan fingerprint density at radius 3 is 2.64 bits per heavy atom. The van der Waals surface area contributed by atoms with Crippen molar-refractivity contribution < 1.29 is 13.5 Å². The van der Waals surface area contributed by atoms with Gasteiger partial charge in [0, 0.05) is 5.39 Å². The Kier molecular flexibility index (Phi) is 2.66. The number of fused-ring (bicyclic) bond motifs is 4. The molecule has 0 unspecified atom stereocenters. The normalized spacial score (nSPS) is 11.4. The lowest BCUT2D eigenvalue weighted by atomic mass is 10.0. The van der Waals surface area contributed by atoms with Crippen molar-refractivity contribution in [3.8, 4) is 5.75 Å². The van der Waals surface area contributed by atoms with E-state index in [1.54, 1.807) is 19.2 Å². The van der Waals surface area contributed by atoms with Gasteiger partial charge in [0.1, 0.15) is 22.7 Å². The van der Waals surface area contributed by atoms with Crippen LogP contribution in [0.15, 0.2) is 57.7 Å². The maximum Gasteiger partial charge on any atom is 0.201 e. The van der Waals surface area contributed by atoms with Crippen LogP contribution in [0.25, 0.3) is 32.7 Å². The Hall–Kier alpha value is -2.88. The Morgan fingerprint density at radius 2 is 1.82 bits per heavy atom. The van der Waals surface area contributed by atoms with Gasteiger partial charge in [0.25, 0.3) is 0 Å². The number of methoxy groups -OCH3 is 1. The molecule has 0 N–H and O–H groups in total. The molecule has 0 bridgehead atoms. The van der Waals surface area contributed by atoms with E-state index in [0.717, 1.165) is 5.39 Å². The number of hydrogen-bond acceptors (Lipinski definition) is 3. The molecular weight excluding hydrogens is 283 g/mol. The molecule has 0 aliphatic carbocycles. The van der Waals surface area contributed by atoms with E-state index >= 15 is 0 Å². The summed E-state index contributed by atoms with van der Waals surface area (Å²) in [6.45, 7) is 0. The highest BCUT2D eigenvalue weighted by Gasteiger charge is 2.14. The van der Waals surface area contributed by atoms with Gasteiger partial charge in [-0.15, -0.1) is 0 Å². The van der Waals surface area contributed by atoms with Crippen LogP contribution in [-0.2, 0) is 0 Å². The molecule has 0 aliphatic heterocycles. The van der Waals surface area contributed by atoms with Gasteiger partial charge in [-0.3, -0.25) is 4.79 Å². The molecule has 4 heteroatoms. The summed E-state index contributed by atoms with van der Waals surface area (Å²) in [4.78, 5) is 12.8. The fourth-order valence-corrected chi connectivity index (χ4v) is 2.83. The average molecular weight is 294 g/mol. The maximum atomic E-state index is 13.5. The minimum absolute atomic E-state index is 0.228. The van der Waals surface area contributed by atoms with Gasteiger partial charge in [-0.05, 0) is 35.7 Å². The van der Waals surface area contributed by atoms with Crippen molar-refractivity contribution in [2.75, 3.05) is 7.11 Å². The molecule has 3 aromatic carbocycles. The van der Waals surface area contributed by atoms with Crippen molar-refractivity contribution >= 4 is 32.7 Å². The lowest BCUT2D eigenvalue weighted by Gasteiger charge is -2.09. The quantitative estimate of drug-likeness (QED) is 0.389. The number of halogens is 1. The van der Waals surface area contributed by atoms with Gasteiger partial charge in [-0.2, -0.15) is 0 Å². The van der Waals surface area contributed by atoms with Crippen LogP contribution < -0.4 is 10.2 Å². The summed E-state index contributed by atoms with van der Waals surface area (Å²) in [5.74, 6) is 0.123. The van der Waals surface area contributed by atoms with Crippen LogP contribution in [0.5, 0.6) is 5.75 Å². The molecule has 0 aliphatic rings. The molecule has 1 aromatic heterocycles. The van der Waals surface area contributed by atoms with E-state index < -0.39 is 5.82 Å². The van der Waals surface area contributed by atoms with Crippen LogP contribution in [0.3, 0.4) is 0 Å². The first-order chi connectivity index (χ1) is 10.7. The topological polar surface area (TPSA) is 39.4 Å². The van der Waals surface area contributed by atoms with Gasteiger partial charge in [-0.25, -0.2) is 4.39 Å². The highest BCUT2D eigenvalue weighted by Crippen LogP contribution is 2.32. The van der Waals surface area contributed by atoms with Gasteiger partial charge in [-0.1, -0.05) is 18.2 Å². The monoisotopic (exact) mass is 294 g/mol. The van der Waals surface area contributed by atoms with Crippen LogP contribution in [-0.4, -0.2) is 7.11 Å². The Balaban J connectivity index is 2.33. The van der Waals surface area contributed by atoms with Crippen molar-refractivity contribution in [1.82, 2.24) is 0 Å². The fourth-order valence-electron chi connectivity index (χ4n) is 2.83. The number of rotatable bonds is 1. The Labute approximate surface area is 124 Å². The molecule has 108 valence electrons. The molecule has 0 atom stereocenters. The zero-order valence-corrected chi connectivity index (χ0v) is 11.7.